The molecular weight excluding hydrogens is 288 g/mol. The fourth-order valence-electron chi connectivity index (χ4n) is 1.73. The molecule has 2 rings (SSSR count). The molecule has 1 N–H and O–H groups in total. The molecule has 0 radical (unpaired) electrons. The van der Waals surface area contributed by atoms with Gasteiger partial charge in [0.15, 0.2) is 0 Å². The van der Waals surface area contributed by atoms with Gasteiger partial charge in [0, 0.05) is 19.7 Å². The number of hydrogen-bond acceptors (Lipinski definition) is 3. The average Bonchev–Trinajstić information content (AvgIpc) is 2.38. The summed E-state index contributed by atoms with van der Waals surface area (Å²) in [5, 5.41) is 6.78. The number of aromatic nitrogens is 2. The second kappa shape index (κ2) is 6.00. The van der Waals surface area contributed by atoms with E-state index in [9.17, 15) is 13.6 Å². The lowest BCUT2D eigenvalue weighted by molar-refractivity contribution is 0.580. The first-order valence-electron chi connectivity index (χ1n) is 5.88. The van der Waals surface area contributed by atoms with E-state index in [1.807, 2.05) is 0 Å². The maximum atomic E-state index is 13.0. The van der Waals surface area contributed by atoms with Crippen LogP contribution in [-0.4, -0.2) is 16.3 Å². The predicted octanol–water partition coefficient (Wildman–Crippen LogP) is 2.37. The lowest BCUT2D eigenvalue weighted by atomic mass is 10.1. The van der Waals surface area contributed by atoms with Gasteiger partial charge in [0.25, 0.3) is 5.56 Å². The minimum Gasteiger partial charge on any atom is -0.382 e. The van der Waals surface area contributed by atoms with Crippen LogP contribution >= 0.6 is 11.6 Å². The molecule has 1 aromatic heterocycles. The van der Waals surface area contributed by atoms with Gasteiger partial charge in [-0.2, -0.15) is 5.10 Å². The van der Waals surface area contributed by atoms with Gasteiger partial charge in [0.2, 0.25) is 0 Å². The minimum absolute atomic E-state index is 0.0351. The van der Waals surface area contributed by atoms with Gasteiger partial charge in [-0.3, -0.25) is 4.79 Å². The van der Waals surface area contributed by atoms with E-state index in [2.05, 4.69) is 10.4 Å². The van der Waals surface area contributed by atoms with Crippen molar-refractivity contribution >= 4 is 17.3 Å². The minimum atomic E-state index is -0.617. The summed E-state index contributed by atoms with van der Waals surface area (Å²) in [6.45, 7) is 0.372. The van der Waals surface area contributed by atoms with E-state index in [1.54, 1.807) is 0 Å². The van der Waals surface area contributed by atoms with Gasteiger partial charge < -0.3 is 5.32 Å². The Morgan fingerprint density at radius 2 is 1.95 bits per heavy atom. The third-order valence-electron chi connectivity index (χ3n) is 2.73. The highest BCUT2D eigenvalue weighted by Crippen LogP contribution is 2.15. The van der Waals surface area contributed by atoms with Gasteiger partial charge in [-0.15, -0.1) is 0 Å². The Balaban J connectivity index is 2.03. The highest BCUT2D eigenvalue weighted by molar-refractivity contribution is 6.32. The molecule has 0 fully saturated rings. The number of rotatable bonds is 4. The van der Waals surface area contributed by atoms with Crippen molar-refractivity contribution in [2.24, 2.45) is 7.05 Å². The number of nitrogens with one attached hydrogen (secondary N) is 1. The number of halogens is 3. The van der Waals surface area contributed by atoms with Crippen LogP contribution < -0.4 is 10.9 Å². The van der Waals surface area contributed by atoms with Crippen LogP contribution in [0.1, 0.15) is 5.56 Å². The largest absolute Gasteiger partial charge is 0.382 e. The van der Waals surface area contributed by atoms with E-state index in [0.717, 1.165) is 10.7 Å². The Morgan fingerprint density at radius 3 is 2.60 bits per heavy atom. The quantitative estimate of drug-likeness (QED) is 0.943. The molecule has 4 nitrogen and oxygen atoms in total. The maximum Gasteiger partial charge on any atom is 0.287 e. The standard InChI is InChI=1S/C13H12ClF2N3O/c1-19-13(20)12(14)11(7-18-19)17-3-2-8-4-9(15)6-10(16)5-8/h4-7,17H,2-3H2,1H3. The Morgan fingerprint density at radius 1 is 1.30 bits per heavy atom. The van der Waals surface area contributed by atoms with Gasteiger partial charge in [-0.05, 0) is 24.1 Å². The molecule has 0 atom stereocenters. The van der Waals surface area contributed by atoms with E-state index in [1.165, 1.54) is 25.4 Å². The lowest BCUT2D eigenvalue weighted by Crippen LogP contribution is -2.21. The SMILES string of the molecule is Cn1ncc(NCCc2cc(F)cc(F)c2)c(Cl)c1=O. The van der Waals surface area contributed by atoms with Crippen molar-refractivity contribution in [1.82, 2.24) is 9.78 Å². The smallest absolute Gasteiger partial charge is 0.287 e. The molecule has 0 aliphatic carbocycles. The molecule has 106 valence electrons. The molecule has 0 amide bonds. The van der Waals surface area contributed by atoms with Gasteiger partial charge >= 0.3 is 0 Å². The van der Waals surface area contributed by atoms with Gasteiger partial charge in [0.1, 0.15) is 16.7 Å². The highest BCUT2D eigenvalue weighted by atomic mass is 35.5. The summed E-state index contributed by atoms with van der Waals surface area (Å²) in [6, 6.07) is 3.34. The van der Waals surface area contributed by atoms with E-state index >= 15 is 0 Å². The average molecular weight is 300 g/mol. The van der Waals surface area contributed by atoms with Gasteiger partial charge in [0.05, 0.1) is 11.9 Å². The normalized spacial score (nSPS) is 10.6. The van der Waals surface area contributed by atoms with Crippen LogP contribution in [0.5, 0.6) is 0 Å². The third-order valence-corrected chi connectivity index (χ3v) is 3.09. The number of nitrogens with zero attached hydrogens (tertiary/aromatic N) is 2. The van der Waals surface area contributed by atoms with Crippen LogP contribution in [0.3, 0.4) is 0 Å². The molecule has 1 aromatic carbocycles. The Hall–Kier alpha value is -1.95. The molecule has 0 bridgehead atoms. The van der Waals surface area contributed by atoms with Crippen molar-refractivity contribution in [3.63, 3.8) is 0 Å². The Labute approximate surface area is 119 Å². The molecular formula is C13H12ClF2N3O. The van der Waals surface area contributed by atoms with Crippen LogP contribution in [0.2, 0.25) is 5.02 Å². The van der Waals surface area contributed by atoms with Crippen molar-refractivity contribution in [3.05, 3.63) is 57.0 Å². The fourth-order valence-corrected chi connectivity index (χ4v) is 1.97. The second-order valence-electron chi connectivity index (χ2n) is 4.26. The summed E-state index contributed by atoms with van der Waals surface area (Å²) in [5.41, 5.74) is 0.503. The molecule has 0 saturated carbocycles. The van der Waals surface area contributed by atoms with Gasteiger partial charge in [-0.1, -0.05) is 11.6 Å². The summed E-state index contributed by atoms with van der Waals surface area (Å²) < 4.78 is 27.1. The van der Waals surface area contributed by atoms with Crippen molar-refractivity contribution < 1.29 is 8.78 Å². The zero-order chi connectivity index (χ0) is 14.7. The van der Waals surface area contributed by atoms with E-state index in [0.29, 0.717) is 24.2 Å². The zero-order valence-electron chi connectivity index (χ0n) is 10.7. The van der Waals surface area contributed by atoms with Crippen molar-refractivity contribution in [3.8, 4) is 0 Å². The number of benzene rings is 1. The molecule has 0 spiro atoms. The first kappa shape index (κ1) is 14.5. The molecule has 0 aliphatic heterocycles. The van der Waals surface area contributed by atoms with E-state index in [-0.39, 0.29) is 5.02 Å². The fraction of sp³-hybridized carbons (Fsp3) is 0.231. The topological polar surface area (TPSA) is 46.9 Å². The molecule has 2 aromatic rings. The van der Waals surface area contributed by atoms with Crippen LogP contribution in [0, 0.1) is 11.6 Å². The molecule has 20 heavy (non-hydrogen) atoms. The summed E-state index contributed by atoms with van der Waals surface area (Å²) in [7, 11) is 1.49. The second-order valence-corrected chi connectivity index (χ2v) is 4.63. The number of aryl methyl sites for hydroxylation is 1. The third kappa shape index (κ3) is 3.33. The van der Waals surface area contributed by atoms with Crippen LogP contribution in [-0.2, 0) is 13.5 Å². The maximum absolute atomic E-state index is 13.0. The van der Waals surface area contributed by atoms with Crippen LogP contribution in [0.4, 0.5) is 14.5 Å². The summed E-state index contributed by atoms with van der Waals surface area (Å²) in [6.07, 6.45) is 1.82. The van der Waals surface area contributed by atoms with Crippen LogP contribution in [0.25, 0.3) is 0 Å². The predicted molar refractivity (Wildman–Crippen MR) is 73.0 cm³/mol. The summed E-state index contributed by atoms with van der Waals surface area (Å²) in [4.78, 5) is 11.5. The van der Waals surface area contributed by atoms with E-state index < -0.39 is 17.2 Å². The van der Waals surface area contributed by atoms with Crippen molar-refractivity contribution in [1.29, 1.82) is 0 Å². The first-order valence-corrected chi connectivity index (χ1v) is 6.26. The zero-order valence-corrected chi connectivity index (χ0v) is 11.4. The van der Waals surface area contributed by atoms with Crippen molar-refractivity contribution in [2.75, 3.05) is 11.9 Å². The Kier molecular flexibility index (Phi) is 4.34. The van der Waals surface area contributed by atoms with E-state index in [4.69, 9.17) is 11.6 Å². The number of anilines is 1. The molecule has 7 heteroatoms. The molecule has 0 aliphatic rings. The summed E-state index contributed by atoms with van der Waals surface area (Å²) in [5.74, 6) is -1.23. The molecule has 1 heterocycles. The lowest BCUT2D eigenvalue weighted by Gasteiger charge is -2.08. The molecule has 0 saturated heterocycles. The Bertz CT molecular complexity index is 668. The first-order chi connectivity index (χ1) is 9.47. The summed E-state index contributed by atoms with van der Waals surface area (Å²) >= 11 is 5.87. The highest BCUT2D eigenvalue weighted by Gasteiger charge is 2.07. The van der Waals surface area contributed by atoms with Crippen LogP contribution in [0.15, 0.2) is 29.2 Å². The molecule has 0 unspecified atom stereocenters. The monoisotopic (exact) mass is 299 g/mol. The number of hydrogen-bond donors (Lipinski definition) is 1. The van der Waals surface area contributed by atoms with Gasteiger partial charge in [-0.25, -0.2) is 13.5 Å². The van der Waals surface area contributed by atoms with Crippen molar-refractivity contribution in [2.45, 2.75) is 6.42 Å².